The number of hydrogen-bond acceptors (Lipinski definition) is 3. The molecule has 0 spiro atoms. The van der Waals surface area contributed by atoms with E-state index in [0.29, 0.717) is 25.2 Å². The number of nitrogens with zero attached hydrogens (tertiary/aromatic N) is 1. The highest BCUT2D eigenvalue weighted by Crippen LogP contribution is 2.06. The Hall–Kier alpha value is -0.120. The first-order chi connectivity index (χ1) is 7.49. The van der Waals surface area contributed by atoms with Crippen molar-refractivity contribution in [3.05, 3.63) is 0 Å². The number of rotatable bonds is 9. The van der Waals surface area contributed by atoms with Crippen molar-refractivity contribution in [1.82, 2.24) is 4.90 Å². The summed E-state index contributed by atoms with van der Waals surface area (Å²) in [5.74, 6) is 0. The van der Waals surface area contributed by atoms with E-state index >= 15 is 0 Å². The summed E-state index contributed by atoms with van der Waals surface area (Å²) in [7, 11) is 0. The highest BCUT2D eigenvalue weighted by molar-refractivity contribution is 4.71. The Balaban J connectivity index is 3.78. The van der Waals surface area contributed by atoms with Crippen molar-refractivity contribution in [2.24, 2.45) is 0 Å². The van der Waals surface area contributed by atoms with Crippen molar-refractivity contribution in [1.29, 1.82) is 0 Å². The van der Waals surface area contributed by atoms with Crippen LogP contribution in [0.25, 0.3) is 0 Å². The lowest BCUT2D eigenvalue weighted by atomic mass is 10.2. The molecule has 0 heterocycles. The average molecular weight is 231 g/mol. The second-order valence-electron chi connectivity index (χ2n) is 4.97. The molecule has 0 rings (SSSR count). The lowest BCUT2D eigenvalue weighted by molar-refractivity contribution is 0.00350. The van der Waals surface area contributed by atoms with Gasteiger partial charge in [0.2, 0.25) is 0 Å². The number of hydrogen-bond donors (Lipinski definition) is 1. The largest absolute Gasteiger partial charge is 0.389 e. The standard InChI is InChI=1S/C13H29NO2/c1-6-7-8-16-10-13(15)9-14(11(2)3)12(4)5/h11-13,15H,6-10H2,1-5H3/t13-/m1/s1. The molecule has 0 fully saturated rings. The average Bonchev–Trinajstić information content (AvgIpc) is 2.20. The number of unbranched alkanes of at least 4 members (excludes halogenated alkanes) is 1. The highest BCUT2D eigenvalue weighted by Gasteiger charge is 2.17. The topological polar surface area (TPSA) is 32.7 Å². The molecule has 0 radical (unpaired) electrons. The normalized spacial score (nSPS) is 14.1. The van der Waals surface area contributed by atoms with Crippen LogP contribution in [0.1, 0.15) is 47.5 Å². The molecule has 16 heavy (non-hydrogen) atoms. The van der Waals surface area contributed by atoms with E-state index in [9.17, 15) is 5.11 Å². The summed E-state index contributed by atoms with van der Waals surface area (Å²) in [6.07, 6.45) is 1.84. The molecule has 0 aliphatic rings. The first-order valence-electron chi connectivity index (χ1n) is 6.50. The zero-order valence-corrected chi connectivity index (χ0v) is 11.6. The third-order valence-electron chi connectivity index (χ3n) is 2.70. The molecule has 0 aromatic heterocycles. The van der Waals surface area contributed by atoms with Crippen LogP contribution in [0, 0.1) is 0 Å². The molecule has 0 aliphatic heterocycles. The van der Waals surface area contributed by atoms with E-state index in [1.54, 1.807) is 0 Å². The highest BCUT2D eigenvalue weighted by atomic mass is 16.5. The molecule has 0 unspecified atom stereocenters. The summed E-state index contributed by atoms with van der Waals surface area (Å²) in [5.41, 5.74) is 0. The molecule has 1 N–H and O–H groups in total. The van der Waals surface area contributed by atoms with Crippen LogP contribution >= 0.6 is 0 Å². The minimum absolute atomic E-state index is 0.373. The summed E-state index contributed by atoms with van der Waals surface area (Å²) in [6.45, 7) is 12.7. The van der Waals surface area contributed by atoms with E-state index in [4.69, 9.17) is 4.74 Å². The van der Waals surface area contributed by atoms with Gasteiger partial charge in [0, 0.05) is 25.2 Å². The molecule has 0 aliphatic carbocycles. The van der Waals surface area contributed by atoms with E-state index in [1.165, 1.54) is 0 Å². The van der Waals surface area contributed by atoms with Crippen molar-refractivity contribution >= 4 is 0 Å². The predicted molar refractivity (Wildman–Crippen MR) is 68.7 cm³/mol. The molecule has 0 saturated heterocycles. The van der Waals surface area contributed by atoms with Crippen LogP contribution in [0.4, 0.5) is 0 Å². The monoisotopic (exact) mass is 231 g/mol. The first-order valence-corrected chi connectivity index (χ1v) is 6.50. The van der Waals surface area contributed by atoms with Gasteiger partial charge in [-0.1, -0.05) is 13.3 Å². The van der Waals surface area contributed by atoms with Crippen molar-refractivity contribution in [3.8, 4) is 0 Å². The molecular weight excluding hydrogens is 202 g/mol. The molecule has 0 saturated carbocycles. The lowest BCUT2D eigenvalue weighted by Crippen LogP contribution is -2.43. The SMILES string of the molecule is CCCCOC[C@H](O)CN(C(C)C)C(C)C. The molecule has 0 bridgehead atoms. The Morgan fingerprint density at radius 2 is 1.69 bits per heavy atom. The smallest absolute Gasteiger partial charge is 0.0900 e. The Morgan fingerprint density at radius 3 is 2.12 bits per heavy atom. The summed E-state index contributed by atoms with van der Waals surface area (Å²) < 4.78 is 5.42. The maximum absolute atomic E-state index is 9.85. The van der Waals surface area contributed by atoms with E-state index in [2.05, 4.69) is 39.5 Å². The van der Waals surface area contributed by atoms with E-state index in [1.807, 2.05) is 0 Å². The van der Waals surface area contributed by atoms with Gasteiger partial charge < -0.3 is 9.84 Å². The van der Waals surface area contributed by atoms with Gasteiger partial charge in [-0.05, 0) is 34.1 Å². The van der Waals surface area contributed by atoms with Gasteiger partial charge in [0.1, 0.15) is 0 Å². The van der Waals surface area contributed by atoms with Crippen molar-refractivity contribution in [2.75, 3.05) is 19.8 Å². The number of ether oxygens (including phenoxy) is 1. The quantitative estimate of drug-likeness (QED) is 0.618. The summed E-state index contributed by atoms with van der Waals surface area (Å²) in [6, 6.07) is 0.926. The third kappa shape index (κ3) is 7.20. The third-order valence-corrected chi connectivity index (χ3v) is 2.70. The summed E-state index contributed by atoms with van der Waals surface area (Å²) in [4.78, 5) is 2.29. The molecule has 3 nitrogen and oxygen atoms in total. The molecule has 0 aromatic carbocycles. The zero-order valence-electron chi connectivity index (χ0n) is 11.6. The fraction of sp³-hybridized carbons (Fsp3) is 1.00. The van der Waals surface area contributed by atoms with Gasteiger partial charge in [0.25, 0.3) is 0 Å². The van der Waals surface area contributed by atoms with Gasteiger partial charge in [-0.25, -0.2) is 0 Å². The molecule has 98 valence electrons. The van der Waals surface area contributed by atoms with Gasteiger partial charge in [-0.15, -0.1) is 0 Å². The van der Waals surface area contributed by atoms with Crippen molar-refractivity contribution in [2.45, 2.75) is 65.6 Å². The van der Waals surface area contributed by atoms with Crippen LogP contribution in [0.3, 0.4) is 0 Å². The van der Waals surface area contributed by atoms with Gasteiger partial charge in [-0.2, -0.15) is 0 Å². The number of aliphatic hydroxyl groups excluding tert-OH is 1. The van der Waals surface area contributed by atoms with E-state index in [0.717, 1.165) is 19.4 Å². The van der Waals surface area contributed by atoms with Crippen LogP contribution in [0.15, 0.2) is 0 Å². The Kier molecular flexibility index (Phi) is 8.90. The molecule has 0 amide bonds. The molecule has 3 heteroatoms. The van der Waals surface area contributed by atoms with E-state index < -0.39 is 0 Å². The zero-order chi connectivity index (χ0) is 12.6. The van der Waals surface area contributed by atoms with Crippen LogP contribution in [0.2, 0.25) is 0 Å². The van der Waals surface area contributed by atoms with Crippen LogP contribution < -0.4 is 0 Å². The van der Waals surface area contributed by atoms with Gasteiger partial charge in [-0.3, -0.25) is 4.90 Å². The van der Waals surface area contributed by atoms with Gasteiger partial charge in [0.05, 0.1) is 12.7 Å². The Morgan fingerprint density at radius 1 is 1.12 bits per heavy atom. The van der Waals surface area contributed by atoms with E-state index in [-0.39, 0.29) is 6.10 Å². The Labute approximate surface area is 101 Å². The lowest BCUT2D eigenvalue weighted by Gasteiger charge is -2.32. The maximum atomic E-state index is 9.85. The molecular formula is C13H29NO2. The van der Waals surface area contributed by atoms with Crippen LogP contribution in [0.5, 0.6) is 0 Å². The van der Waals surface area contributed by atoms with Crippen LogP contribution in [-0.2, 0) is 4.74 Å². The van der Waals surface area contributed by atoms with Crippen molar-refractivity contribution < 1.29 is 9.84 Å². The minimum atomic E-state index is -0.373. The fourth-order valence-corrected chi connectivity index (χ4v) is 1.78. The second kappa shape index (κ2) is 8.97. The first kappa shape index (κ1) is 15.9. The predicted octanol–water partition coefficient (Wildman–Crippen LogP) is 2.28. The number of aliphatic hydroxyl groups is 1. The second-order valence-corrected chi connectivity index (χ2v) is 4.97. The summed E-state index contributed by atoms with van der Waals surface area (Å²) in [5, 5.41) is 9.85. The van der Waals surface area contributed by atoms with Gasteiger partial charge in [0.15, 0.2) is 0 Å². The maximum Gasteiger partial charge on any atom is 0.0900 e. The van der Waals surface area contributed by atoms with Gasteiger partial charge >= 0.3 is 0 Å². The van der Waals surface area contributed by atoms with Crippen molar-refractivity contribution in [3.63, 3.8) is 0 Å². The summed E-state index contributed by atoms with van der Waals surface area (Å²) >= 11 is 0. The minimum Gasteiger partial charge on any atom is -0.389 e. The fourth-order valence-electron chi connectivity index (χ4n) is 1.78. The van der Waals surface area contributed by atoms with Crippen LogP contribution in [-0.4, -0.2) is 48.0 Å². The molecule has 1 atom stereocenters. The molecule has 0 aromatic rings. The Bertz CT molecular complexity index is 152.